The Bertz CT molecular complexity index is 989. The van der Waals surface area contributed by atoms with Gasteiger partial charge in [-0.15, -0.1) is 0 Å². The van der Waals surface area contributed by atoms with Gasteiger partial charge in [0, 0.05) is 17.7 Å². The van der Waals surface area contributed by atoms with E-state index in [1.54, 1.807) is 6.92 Å². The van der Waals surface area contributed by atoms with Gasteiger partial charge in [0.05, 0.1) is 6.10 Å². The van der Waals surface area contributed by atoms with Gasteiger partial charge in [-0.1, -0.05) is 6.92 Å². The number of hydrogen-bond donors (Lipinski definition) is 4. The van der Waals surface area contributed by atoms with Gasteiger partial charge in [-0.05, 0) is 30.7 Å². The lowest BCUT2D eigenvalue weighted by atomic mass is 10.1. The van der Waals surface area contributed by atoms with Crippen molar-refractivity contribution < 1.29 is 29.6 Å². The Kier molecular flexibility index (Phi) is 4.73. The molecule has 136 valence electrons. The monoisotopic (exact) mass is 358 g/mol. The van der Waals surface area contributed by atoms with Crippen LogP contribution in [0.15, 0.2) is 45.6 Å². The van der Waals surface area contributed by atoms with E-state index in [9.17, 15) is 25.2 Å². The number of phenols is 2. The highest BCUT2D eigenvalue weighted by Gasteiger charge is 2.20. The third-order valence-electron chi connectivity index (χ3n) is 3.95. The van der Waals surface area contributed by atoms with E-state index >= 15 is 0 Å². The van der Waals surface area contributed by atoms with Crippen molar-refractivity contribution >= 4 is 11.0 Å². The molecule has 0 saturated carbocycles. The zero-order valence-electron chi connectivity index (χ0n) is 14.0. The molecule has 0 spiro atoms. The fraction of sp³-hybridized carbons (Fsp3) is 0.211. The SMILES string of the molecule is CC[C@H](O)COc1cc(O)cc2oc(-c3ccc(O)cc3)c(O)c(=O)c12. The third-order valence-corrected chi connectivity index (χ3v) is 3.95. The van der Waals surface area contributed by atoms with Gasteiger partial charge < -0.3 is 29.6 Å². The molecule has 0 aliphatic heterocycles. The van der Waals surface area contributed by atoms with E-state index < -0.39 is 17.3 Å². The average Bonchev–Trinajstić information content (AvgIpc) is 2.62. The number of phenolic OH excluding ortho intramolecular Hbond substituents is 2. The van der Waals surface area contributed by atoms with Crippen molar-refractivity contribution in [2.24, 2.45) is 0 Å². The van der Waals surface area contributed by atoms with E-state index in [1.807, 2.05) is 0 Å². The summed E-state index contributed by atoms with van der Waals surface area (Å²) in [7, 11) is 0. The Morgan fingerprint density at radius 3 is 2.42 bits per heavy atom. The van der Waals surface area contributed by atoms with Crippen LogP contribution in [0.4, 0.5) is 0 Å². The summed E-state index contributed by atoms with van der Waals surface area (Å²) < 4.78 is 11.1. The van der Waals surface area contributed by atoms with Crippen LogP contribution in [0.2, 0.25) is 0 Å². The maximum absolute atomic E-state index is 12.7. The molecule has 0 amide bonds. The highest BCUT2D eigenvalue weighted by Crippen LogP contribution is 2.36. The number of fused-ring (bicyclic) bond motifs is 1. The fourth-order valence-electron chi connectivity index (χ4n) is 2.49. The lowest BCUT2D eigenvalue weighted by Gasteiger charge is -2.13. The average molecular weight is 358 g/mol. The van der Waals surface area contributed by atoms with Crippen molar-refractivity contribution in [2.75, 3.05) is 6.61 Å². The predicted octanol–water partition coefficient (Wildman–Crippen LogP) is 2.73. The Balaban J connectivity index is 2.17. The van der Waals surface area contributed by atoms with Crippen LogP contribution in [0.25, 0.3) is 22.3 Å². The van der Waals surface area contributed by atoms with Crippen molar-refractivity contribution in [3.8, 4) is 34.3 Å². The summed E-state index contributed by atoms with van der Waals surface area (Å²) in [6.07, 6.45) is -0.272. The molecule has 0 aliphatic carbocycles. The molecule has 4 N–H and O–H groups in total. The van der Waals surface area contributed by atoms with E-state index in [2.05, 4.69) is 0 Å². The smallest absolute Gasteiger partial charge is 0.238 e. The molecule has 3 aromatic rings. The minimum Gasteiger partial charge on any atom is -0.508 e. The molecule has 0 unspecified atom stereocenters. The summed E-state index contributed by atoms with van der Waals surface area (Å²) in [5.74, 6) is -0.862. The predicted molar refractivity (Wildman–Crippen MR) is 94.7 cm³/mol. The second kappa shape index (κ2) is 6.97. The number of aliphatic hydroxyl groups excluding tert-OH is 1. The minimum atomic E-state index is -0.732. The maximum atomic E-state index is 12.7. The Morgan fingerprint density at radius 1 is 1.08 bits per heavy atom. The fourth-order valence-corrected chi connectivity index (χ4v) is 2.49. The van der Waals surface area contributed by atoms with E-state index in [1.165, 1.54) is 36.4 Å². The summed E-state index contributed by atoms with van der Waals surface area (Å²) in [5.41, 5.74) is -0.321. The highest BCUT2D eigenvalue weighted by atomic mass is 16.5. The van der Waals surface area contributed by atoms with Crippen LogP contribution in [-0.2, 0) is 0 Å². The zero-order chi connectivity index (χ0) is 18.8. The summed E-state index contributed by atoms with van der Waals surface area (Å²) in [6, 6.07) is 8.21. The van der Waals surface area contributed by atoms with Crippen LogP contribution in [0.5, 0.6) is 23.0 Å². The van der Waals surface area contributed by atoms with Crippen molar-refractivity contribution in [1.82, 2.24) is 0 Å². The molecular formula is C19H18O7. The van der Waals surface area contributed by atoms with Gasteiger partial charge in [0.2, 0.25) is 11.2 Å². The maximum Gasteiger partial charge on any atom is 0.238 e. The molecule has 7 nitrogen and oxygen atoms in total. The molecule has 0 aliphatic rings. The number of rotatable bonds is 5. The minimum absolute atomic E-state index is 0.00815. The van der Waals surface area contributed by atoms with Crippen molar-refractivity contribution in [3.05, 3.63) is 46.6 Å². The first-order valence-corrected chi connectivity index (χ1v) is 8.03. The van der Waals surface area contributed by atoms with E-state index in [0.29, 0.717) is 12.0 Å². The largest absolute Gasteiger partial charge is 0.508 e. The van der Waals surface area contributed by atoms with Gasteiger partial charge in [0.1, 0.15) is 34.8 Å². The van der Waals surface area contributed by atoms with Crippen LogP contribution in [0, 0.1) is 0 Å². The number of ether oxygens (including phenoxy) is 1. The van der Waals surface area contributed by atoms with Crippen LogP contribution < -0.4 is 10.2 Å². The third kappa shape index (κ3) is 3.29. The van der Waals surface area contributed by atoms with E-state index in [4.69, 9.17) is 9.15 Å². The molecule has 0 radical (unpaired) electrons. The molecule has 26 heavy (non-hydrogen) atoms. The van der Waals surface area contributed by atoms with Crippen LogP contribution in [0.3, 0.4) is 0 Å². The van der Waals surface area contributed by atoms with Gasteiger partial charge >= 0.3 is 0 Å². The number of aromatic hydroxyl groups is 3. The first kappa shape index (κ1) is 17.6. The Hall–Kier alpha value is -3.19. The molecule has 0 bridgehead atoms. The second-order valence-corrected chi connectivity index (χ2v) is 5.85. The molecule has 7 heteroatoms. The summed E-state index contributed by atoms with van der Waals surface area (Å²) in [4.78, 5) is 12.7. The Labute approximate surface area is 148 Å². The van der Waals surface area contributed by atoms with Crippen molar-refractivity contribution in [2.45, 2.75) is 19.4 Å². The van der Waals surface area contributed by atoms with Crippen LogP contribution in [0.1, 0.15) is 13.3 Å². The zero-order valence-corrected chi connectivity index (χ0v) is 14.0. The van der Waals surface area contributed by atoms with Crippen molar-refractivity contribution in [3.63, 3.8) is 0 Å². The molecule has 0 saturated heterocycles. The van der Waals surface area contributed by atoms with E-state index in [-0.39, 0.29) is 40.6 Å². The van der Waals surface area contributed by atoms with Gasteiger partial charge in [-0.25, -0.2) is 0 Å². The molecule has 3 rings (SSSR count). The molecule has 0 fully saturated rings. The van der Waals surface area contributed by atoms with E-state index in [0.717, 1.165) is 0 Å². The molecule has 1 heterocycles. The first-order valence-electron chi connectivity index (χ1n) is 8.03. The van der Waals surface area contributed by atoms with Gasteiger partial charge in [-0.2, -0.15) is 0 Å². The molecular weight excluding hydrogens is 340 g/mol. The first-order chi connectivity index (χ1) is 12.4. The van der Waals surface area contributed by atoms with Gasteiger partial charge in [-0.3, -0.25) is 4.79 Å². The van der Waals surface area contributed by atoms with Gasteiger partial charge in [0.15, 0.2) is 5.76 Å². The molecule has 2 aromatic carbocycles. The number of benzene rings is 2. The number of hydrogen-bond acceptors (Lipinski definition) is 7. The second-order valence-electron chi connectivity index (χ2n) is 5.85. The lowest BCUT2D eigenvalue weighted by molar-refractivity contribution is 0.105. The van der Waals surface area contributed by atoms with Crippen LogP contribution in [-0.4, -0.2) is 33.1 Å². The summed E-state index contributed by atoms with van der Waals surface area (Å²) >= 11 is 0. The molecule has 1 aromatic heterocycles. The highest BCUT2D eigenvalue weighted by molar-refractivity contribution is 5.88. The van der Waals surface area contributed by atoms with Crippen molar-refractivity contribution in [1.29, 1.82) is 0 Å². The summed E-state index contributed by atoms with van der Waals surface area (Å²) in [6.45, 7) is 1.70. The topological polar surface area (TPSA) is 120 Å². The van der Waals surface area contributed by atoms with Gasteiger partial charge in [0.25, 0.3) is 0 Å². The normalized spacial score (nSPS) is 12.2. The lowest BCUT2D eigenvalue weighted by Crippen LogP contribution is -2.17. The quantitative estimate of drug-likeness (QED) is 0.553. The standard InChI is InChI=1S/C19H18O7/c1-2-11(20)9-25-14-7-13(22)8-15-16(14)17(23)18(24)19(26-15)10-3-5-12(21)6-4-10/h3-8,11,20-22,24H,2,9H2,1H3/t11-/m0/s1. The summed E-state index contributed by atoms with van der Waals surface area (Å²) in [5, 5.41) is 39.2. The Morgan fingerprint density at radius 2 is 1.77 bits per heavy atom. The molecule has 1 atom stereocenters. The number of aliphatic hydroxyl groups is 1. The van der Waals surface area contributed by atoms with Crippen LogP contribution >= 0.6 is 0 Å².